The summed E-state index contributed by atoms with van der Waals surface area (Å²) in [7, 11) is -2.05. The SMILES string of the molecule is CCC1(CC)C[C@H](NS(C)(=O)=O)[C@H](CO[C@H]2CC[C@@H](c3ccccc3)CC2)N1C(=O)OC. The van der Waals surface area contributed by atoms with E-state index in [-0.39, 0.29) is 6.10 Å². The molecule has 1 saturated carbocycles. The van der Waals surface area contributed by atoms with Gasteiger partial charge in [0.15, 0.2) is 0 Å². The first kappa shape index (κ1) is 25.0. The zero-order valence-corrected chi connectivity index (χ0v) is 20.6. The number of hydrogen-bond acceptors (Lipinski definition) is 5. The third-order valence-corrected chi connectivity index (χ3v) is 8.14. The third kappa shape index (κ3) is 5.64. The molecule has 1 saturated heterocycles. The van der Waals surface area contributed by atoms with E-state index in [0.29, 0.717) is 18.9 Å². The summed E-state index contributed by atoms with van der Waals surface area (Å²) in [6, 6.07) is 9.79. The number of rotatable bonds is 8. The number of likely N-dealkylation sites (tertiary alicyclic amines) is 1. The van der Waals surface area contributed by atoms with E-state index in [1.165, 1.54) is 12.7 Å². The van der Waals surface area contributed by atoms with Gasteiger partial charge in [-0.2, -0.15) is 0 Å². The van der Waals surface area contributed by atoms with E-state index in [4.69, 9.17) is 9.47 Å². The van der Waals surface area contributed by atoms with Gasteiger partial charge in [-0.3, -0.25) is 4.90 Å². The van der Waals surface area contributed by atoms with Crippen LogP contribution in [0.25, 0.3) is 0 Å². The van der Waals surface area contributed by atoms with Crippen LogP contribution in [0.3, 0.4) is 0 Å². The number of hydrogen-bond donors (Lipinski definition) is 1. The first-order chi connectivity index (χ1) is 15.2. The van der Waals surface area contributed by atoms with Gasteiger partial charge < -0.3 is 9.47 Å². The Labute approximate surface area is 192 Å². The van der Waals surface area contributed by atoms with Gasteiger partial charge in [0.25, 0.3) is 0 Å². The molecule has 2 fully saturated rings. The topological polar surface area (TPSA) is 84.9 Å². The van der Waals surface area contributed by atoms with Gasteiger partial charge in [-0.15, -0.1) is 0 Å². The van der Waals surface area contributed by atoms with Crippen LogP contribution in [0.5, 0.6) is 0 Å². The molecule has 8 heteroatoms. The molecular weight excluding hydrogens is 428 g/mol. The predicted octanol–water partition coefficient (Wildman–Crippen LogP) is 4.05. The minimum Gasteiger partial charge on any atom is -0.453 e. The van der Waals surface area contributed by atoms with E-state index in [1.54, 1.807) is 4.90 Å². The lowest BCUT2D eigenvalue weighted by Crippen LogP contribution is -2.54. The molecule has 1 aromatic rings. The van der Waals surface area contributed by atoms with Crippen molar-refractivity contribution in [2.45, 2.75) is 88.4 Å². The van der Waals surface area contributed by atoms with Gasteiger partial charge in [-0.05, 0) is 56.4 Å². The zero-order chi connectivity index (χ0) is 23.4. The quantitative estimate of drug-likeness (QED) is 0.625. The fourth-order valence-electron chi connectivity index (χ4n) is 5.59. The largest absolute Gasteiger partial charge is 0.453 e. The molecule has 0 radical (unpaired) electrons. The molecule has 2 aliphatic rings. The Morgan fingerprint density at radius 3 is 2.28 bits per heavy atom. The monoisotopic (exact) mass is 466 g/mol. The lowest BCUT2D eigenvalue weighted by Gasteiger charge is -2.39. The number of nitrogens with zero attached hydrogens (tertiary/aromatic N) is 1. The van der Waals surface area contributed by atoms with Crippen LogP contribution in [-0.4, -0.2) is 63.1 Å². The average molecular weight is 467 g/mol. The Balaban J connectivity index is 1.70. The fourth-order valence-corrected chi connectivity index (χ4v) is 6.38. The summed E-state index contributed by atoms with van der Waals surface area (Å²) in [5.41, 5.74) is 0.931. The molecule has 32 heavy (non-hydrogen) atoms. The maximum absolute atomic E-state index is 12.8. The maximum Gasteiger partial charge on any atom is 0.410 e. The predicted molar refractivity (Wildman–Crippen MR) is 125 cm³/mol. The summed E-state index contributed by atoms with van der Waals surface area (Å²) in [6.45, 7) is 4.36. The fraction of sp³-hybridized carbons (Fsp3) is 0.708. The molecule has 1 amide bonds. The highest BCUT2D eigenvalue weighted by molar-refractivity contribution is 7.88. The number of methoxy groups -OCH3 is 1. The average Bonchev–Trinajstić information content (AvgIpc) is 3.10. The number of amides is 1. The summed E-state index contributed by atoms with van der Waals surface area (Å²) in [5, 5.41) is 0. The molecule has 2 atom stereocenters. The summed E-state index contributed by atoms with van der Waals surface area (Å²) >= 11 is 0. The second kappa shape index (κ2) is 10.5. The van der Waals surface area contributed by atoms with Crippen LogP contribution in [-0.2, 0) is 19.5 Å². The van der Waals surface area contributed by atoms with Crippen molar-refractivity contribution in [3.63, 3.8) is 0 Å². The summed E-state index contributed by atoms with van der Waals surface area (Å²) in [6.07, 6.45) is 6.91. The normalized spacial score (nSPS) is 27.9. The standard InChI is InChI=1S/C24H38N2O5S/c1-5-24(6-2)16-21(25-32(4,28)29)22(26(24)23(27)30-3)17-31-20-14-12-19(13-15-20)18-10-8-7-9-11-18/h7-11,19-22,25H,5-6,12-17H2,1-4H3/t19-,20+,21-,22-/m0/s1. The van der Waals surface area contributed by atoms with Crippen molar-refractivity contribution >= 4 is 16.1 Å². The first-order valence-corrected chi connectivity index (χ1v) is 13.6. The molecule has 1 heterocycles. The van der Waals surface area contributed by atoms with Gasteiger partial charge in [0.1, 0.15) is 0 Å². The smallest absolute Gasteiger partial charge is 0.410 e. The van der Waals surface area contributed by atoms with Gasteiger partial charge >= 0.3 is 6.09 Å². The van der Waals surface area contributed by atoms with Crippen LogP contribution >= 0.6 is 0 Å². The molecule has 0 unspecified atom stereocenters. The number of benzene rings is 1. The van der Waals surface area contributed by atoms with E-state index >= 15 is 0 Å². The van der Waals surface area contributed by atoms with Gasteiger partial charge in [0.05, 0.1) is 32.1 Å². The van der Waals surface area contributed by atoms with E-state index < -0.39 is 33.7 Å². The van der Waals surface area contributed by atoms with E-state index in [1.807, 2.05) is 19.9 Å². The lowest BCUT2D eigenvalue weighted by atomic mass is 9.83. The van der Waals surface area contributed by atoms with E-state index in [2.05, 4.69) is 29.0 Å². The number of carbonyl (C=O) groups is 1. The van der Waals surface area contributed by atoms with Crippen molar-refractivity contribution in [1.29, 1.82) is 0 Å². The zero-order valence-electron chi connectivity index (χ0n) is 19.7. The van der Waals surface area contributed by atoms with Crippen LogP contribution in [0.1, 0.15) is 70.3 Å². The van der Waals surface area contributed by atoms with Crippen molar-refractivity contribution in [3.8, 4) is 0 Å². The van der Waals surface area contributed by atoms with Gasteiger partial charge in [0.2, 0.25) is 10.0 Å². The second-order valence-corrected chi connectivity index (χ2v) is 11.0. The van der Waals surface area contributed by atoms with E-state index in [0.717, 1.165) is 44.8 Å². The van der Waals surface area contributed by atoms with Gasteiger partial charge in [-0.25, -0.2) is 17.9 Å². The molecule has 0 aromatic heterocycles. The molecule has 0 bridgehead atoms. The van der Waals surface area contributed by atoms with E-state index in [9.17, 15) is 13.2 Å². The van der Waals surface area contributed by atoms with Crippen molar-refractivity contribution in [2.24, 2.45) is 0 Å². The Bertz CT molecular complexity index is 848. The number of ether oxygens (including phenoxy) is 2. The summed E-state index contributed by atoms with van der Waals surface area (Å²) < 4.78 is 38.3. The molecule has 1 aliphatic carbocycles. The number of carbonyl (C=O) groups excluding carboxylic acids is 1. The van der Waals surface area contributed by atoms with Crippen LogP contribution in [0.4, 0.5) is 4.79 Å². The minimum atomic E-state index is -3.43. The second-order valence-electron chi connectivity index (χ2n) is 9.26. The van der Waals surface area contributed by atoms with Crippen LogP contribution in [0.2, 0.25) is 0 Å². The van der Waals surface area contributed by atoms with Crippen molar-refractivity contribution in [1.82, 2.24) is 9.62 Å². The van der Waals surface area contributed by atoms with Crippen molar-refractivity contribution < 1.29 is 22.7 Å². The summed E-state index contributed by atoms with van der Waals surface area (Å²) in [5.74, 6) is 0.557. The molecule has 7 nitrogen and oxygen atoms in total. The molecule has 3 rings (SSSR count). The van der Waals surface area contributed by atoms with Gasteiger partial charge in [0, 0.05) is 11.6 Å². The van der Waals surface area contributed by atoms with Crippen LogP contribution < -0.4 is 4.72 Å². The molecule has 0 spiro atoms. The molecule has 1 N–H and O–H groups in total. The molecular formula is C24H38N2O5S. The highest BCUT2D eigenvalue weighted by Crippen LogP contribution is 2.41. The highest BCUT2D eigenvalue weighted by Gasteiger charge is 2.53. The third-order valence-electron chi connectivity index (χ3n) is 7.41. The maximum atomic E-state index is 12.8. The summed E-state index contributed by atoms with van der Waals surface area (Å²) in [4.78, 5) is 14.5. The Kier molecular flexibility index (Phi) is 8.22. The molecule has 1 aromatic carbocycles. The highest BCUT2D eigenvalue weighted by atomic mass is 32.2. The minimum absolute atomic E-state index is 0.117. The number of nitrogens with one attached hydrogen (secondary N) is 1. The first-order valence-electron chi connectivity index (χ1n) is 11.7. The van der Waals surface area contributed by atoms with Gasteiger partial charge in [-0.1, -0.05) is 44.2 Å². The van der Waals surface area contributed by atoms with Crippen molar-refractivity contribution in [3.05, 3.63) is 35.9 Å². The Morgan fingerprint density at radius 1 is 1.12 bits per heavy atom. The van der Waals surface area contributed by atoms with Crippen molar-refractivity contribution in [2.75, 3.05) is 20.0 Å². The Hall–Kier alpha value is -1.64. The number of sulfonamides is 1. The van der Waals surface area contributed by atoms with Crippen LogP contribution in [0.15, 0.2) is 30.3 Å². The van der Waals surface area contributed by atoms with Crippen LogP contribution in [0, 0.1) is 0 Å². The molecule has 180 valence electrons. The molecule has 1 aliphatic heterocycles. The Morgan fingerprint density at radius 2 is 1.75 bits per heavy atom. The lowest BCUT2D eigenvalue weighted by molar-refractivity contribution is -0.0196.